The Morgan fingerprint density at radius 2 is 1.06 bits per heavy atom. The molecule has 2 heterocycles. The van der Waals surface area contributed by atoms with Gasteiger partial charge in [-0.25, -0.2) is 0 Å². The summed E-state index contributed by atoms with van der Waals surface area (Å²) in [4.78, 5) is 4.92. The van der Waals surface area contributed by atoms with E-state index in [9.17, 15) is 0 Å². The van der Waals surface area contributed by atoms with Crippen molar-refractivity contribution in [2.75, 3.05) is 15.1 Å². The Balaban J connectivity index is 1.10. The van der Waals surface area contributed by atoms with Crippen LogP contribution in [0.15, 0.2) is 237 Å². The summed E-state index contributed by atoms with van der Waals surface area (Å²) < 4.78 is 2.56. The fourth-order valence-corrected chi connectivity index (χ4v) is 11.1. The van der Waals surface area contributed by atoms with E-state index in [-0.39, 0.29) is 0 Å². The van der Waals surface area contributed by atoms with E-state index >= 15 is 0 Å². The second-order valence-corrected chi connectivity index (χ2v) is 18.1. The molecule has 3 nitrogen and oxygen atoms in total. The van der Waals surface area contributed by atoms with Crippen molar-refractivity contribution in [1.29, 1.82) is 0 Å². The number of rotatable bonds is 9. The Labute approximate surface area is 390 Å². The highest BCUT2D eigenvalue weighted by molar-refractivity contribution is 7.26. The molecule has 0 fully saturated rings. The fourth-order valence-electron chi connectivity index (χ4n) is 9.93. The molecule has 0 amide bonds. The van der Waals surface area contributed by atoms with Crippen molar-refractivity contribution in [2.45, 2.75) is 6.92 Å². The van der Waals surface area contributed by atoms with Crippen LogP contribution in [-0.2, 0) is 0 Å². The average molecular weight is 862 g/mol. The maximum absolute atomic E-state index is 3.93. The largest absolute Gasteiger partial charge is 0.355 e. The second-order valence-electron chi connectivity index (χ2n) is 17.0. The Bertz CT molecular complexity index is 3510. The summed E-state index contributed by atoms with van der Waals surface area (Å²) in [6.07, 6.45) is 0. The van der Waals surface area contributed by atoms with Gasteiger partial charge < -0.3 is 15.1 Å². The Hall–Kier alpha value is -8.12. The molecule has 0 bridgehead atoms. The van der Waals surface area contributed by atoms with Crippen LogP contribution < -0.4 is 26.0 Å². The maximum atomic E-state index is 3.93. The summed E-state index contributed by atoms with van der Waals surface area (Å²) in [7, 11) is 0.751. The van der Waals surface area contributed by atoms with Crippen molar-refractivity contribution in [3.63, 3.8) is 0 Å². The van der Waals surface area contributed by atoms with Gasteiger partial charge in [-0.1, -0.05) is 157 Å². The second kappa shape index (κ2) is 16.8. The summed E-state index contributed by atoms with van der Waals surface area (Å²) in [5.41, 5.74) is 20.1. The Morgan fingerprint density at radius 3 is 1.77 bits per heavy atom. The number of nitrogens with one attached hydrogen (secondary N) is 1. The van der Waals surface area contributed by atoms with E-state index < -0.39 is 0 Å². The van der Waals surface area contributed by atoms with Crippen molar-refractivity contribution in [3.05, 3.63) is 242 Å². The van der Waals surface area contributed by atoms with Crippen molar-refractivity contribution >= 4 is 95.2 Å². The molecule has 10 aromatic carbocycles. The molecular weight excluding hydrogens is 818 g/mol. The van der Waals surface area contributed by atoms with Gasteiger partial charge in [0.2, 0.25) is 0 Å². The van der Waals surface area contributed by atoms with Crippen molar-refractivity contribution < 1.29 is 0 Å². The van der Waals surface area contributed by atoms with Crippen molar-refractivity contribution in [2.24, 2.45) is 0 Å². The van der Waals surface area contributed by atoms with Gasteiger partial charge in [0.25, 0.3) is 0 Å². The van der Waals surface area contributed by atoms with Gasteiger partial charge in [-0.3, -0.25) is 0 Å². The highest BCUT2D eigenvalue weighted by atomic mass is 32.1. The first-order valence-corrected chi connectivity index (χ1v) is 23.4. The molecular formula is C61H44BN3S. The molecule has 0 radical (unpaired) electrons. The third-order valence-corrected chi connectivity index (χ3v) is 14.1. The smallest absolute Gasteiger partial charge is 0.198 e. The van der Waals surface area contributed by atoms with Crippen molar-refractivity contribution in [3.8, 4) is 33.4 Å². The summed E-state index contributed by atoms with van der Waals surface area (Å²) in [6, 6.07) is 85.9. The number of para-hydroxylation sites is 3. The standard InChI is InChI=1S/C61H44BN3S/c1-41-37-45(43-21-8-3-9-22-43)33-35-54(41)65-55-36-34-49(64(47-25-10-4-11-26-47)48-27-12-5-13-28-48)39-52(55)62-61-56(65)40-58-59(51-30-15-17-32-57(51)66-58)60(61)50-29-14-16-31-53(50)63-46-24-18-23-44(38-46)42-19-6-2-7-20-42/h2-40,62-63H,1H3. The number of thiophene rings is 1. The first-order valence-electron chi connectivity index (χ1n) is 22.6. The summed E-state index contributed by atoms with van der Waals surface area (Å²) in [5.74, 6) is 0. The van der Waals surface area contributed by atoms with Crippen LogP contribution in [0, 0.1) is 6.92 Å². The van der Waals surface area contributed by atoms with Gasteiger partial charge in [0, 0.05) is 71.2 Å². The molecule has 1 aromatic heterocycles. The molecule has 1 aliphatic rings. The highest BCUT2D eigenvalue weighted by Crippen LogP contribution is 2.48. The molecule has 312 valence electrons. The number of nitrogens with zero attached hydrogens (tertiary/aromatic N) is 2. The van der Waals surface area contributed by atoms with Crippen LogP contribution in [0.25, 0.3) is 53.6 Å². The summed E-state index contributed by atoms with van der Waals surface area (Å²) in [5, 5.41) is 6.51. The van der Waals surface area contributed by atoms with E-state index in [1.807, 2.05) is 11.3 Å². The number of aryl methyl sites for hydroxylation is 1. The normalized spacial score (nSPS) is 11.8. The lowest BCUT2D eigenvalue weighted by Crippen LogP contribution is -2.41. The zero-order valence-corrected chi connectivity index (χ0v) is 37.3. The minimum absolute atomic E-state index is 0.751. The fraction of sp³-hybridized carbons (Fsp3) is 0.0164. The van der Waals surface area contributed by atoms with Crippen LogP contribution in [0.3, 0.4) is 0 Å². The summed E-state index contributed by atoms with van der Waals surface area (Å²) >= 11 is 1.88. The van der Waals surface area contributed by atoms with Crippen LogP contribution in [0.5, 0.6) is 0 Å². The monoisotopic (exact) mass is 861 g/mol. The predicted octanol–water partition coefficient (Wildman–Crippen LogP) is 15.7. The van der Waals surface area contributed by atoms with Crippen LogP contribution in [0.1, 0.15) is 5.56 Å². The lowest BCUT2D eigenvalue weighted by molar-refractivity contribution is 1.25. The minimum Gasteiger partial charge on any atom is -0.355 e. The molecule has 0 spiro atoms. The topological polar surface area (TPSA) is 18.5 Å². The quantitative estimate of drug-likeness (QED) is 0.146. The number of benzene rings is 10. The summed E-state index contributed by atoms with van der Waals surface area (Å²) in [6.45, 7) is 2.26. The first kappa shape index (κ1) is 39.5. The van der Waals surface area contributed by atoms with Crippen LogP contribution in [0.2, 0.25) is 0 Å². The zero-order valence-electron chi connectivity index (χ0n) is 36.5. The molecule has 0 aliphatic carbocycles. The van der Waals surface area contributed by atoms with Gasteiger partial charge in [0.15, 0.2) is 7.28 Å². The molecule has 0 atom stereocenters. The zero-order chi connectivity index (χ0) is 44.0. The average Bonchev–Trinajstić information content (AvgIpc) is 3.75. The number of hydrogen-bond acceptors (Lipinski definition) is 4. The molecule has 0 saturated heterocycles. The Morgan fingerprint density at radius 1 is 0.455 bits per heavy atom. The molecule has 11 aromatic rings. The van der Waals surface area contributed by atoms with Gasteiger partial charge in [-0.15, -0.1) is 11.3 Å². The molecule has 66 heavy (non-hydrogen) atoms. The number of fused-ring (bicyclic) bond motifs is 5. The molecule has 12 rings (SSSR count). The lowest BCUT2D eigenvalue weighted by Gasteiger charge is -2.37. The number of anilines is 8. The third-order valence-electron chi connectivity index (χ3n) is 12.9. The van der Waals surface area contributed by atoms with E-state index in [2.05, 4.69) is 259 Å². The van der Waals surface area contributed by atoms with Gasteiger partial charge in [-0.05, 0) is 131 Å². The third kappa shape index (κ3) is 7.11. The van der Waals surface area contributed by atoms with Crippen molar-refractivity contribution in [1.82, 2.24) is 0 Å². The first-order chi connectivity index (χ1) is 32.6. The molecule has 0 unspecified atom stereocenters. The van der Waals surface area contributed by atoms with Crippen LogP contribution in [-0.4, -0.2) is 7.28 Å². The van der Waals surface area contributed by atoms with E-state index in [1.165, 1.54) is 87.1 Å². The predicted molar refractivity (Wildman–Crippen MR) is 286 cm³/mol. The van der Waals surface area contributed by atoms with Gasteiger partial charge >= 0.3 is 0 Å². The van der Waals surface area contributed by atoms with Crippen LogP contribution in [0.4, 0.5) is 45.5 Å². The molecule has 1 aliphatic heterocycles. The number of hydrogen-bond donors (Lipinski definition) is 1. The molecule has 1 N–H and O–H groups in total. The van der Waals surface area contributed by atoms with E-state index in [4.69, 9.17) is 0 Å². The van der Waals surface area contributed by atoms with E-state index in [0.29, 0.717) is 0 Å². The van der Waals surface area contributed by atoms with E-state index in [1.54, 1.807) is 0 Å². The molecule has 0 saturated carbocycles. The SMILES string of the molecule is Cc1cc(-c2ccccc2)ccc1N1c2ccc(N(c3ccccc3)c3ccccc3)cc2Bc2c1cc1sc3ccccc3c1c2-c1ccccc1Nc1cccc(-c2ccccc2)c1. The van der Waals surface area contributed by atoms with Gasteiger partial charge in [0.05, 0.1) is 0 Å². The lowest BCUT2D eigenvalue weighted by atomic mass is 9.57. The minimum atomic E-state index is 0.751. The van der Waals surface area contributed by atoms with Crippen LogP contribution >= 0.6 is 11.3 Å². The van der Waals surface area contributed by atoms with Gasteiger partial charge in [-0.2, -0.15) is 0 Å². The Kier molecular flexibility index (Phi) is 10.0. The van der Waals surface area contributed by atoms with Gasteiger partial charge in [0.1, 0.15) is 0 Å². The maximum Gasteiger partial charge on any atom is 0.198 e. The van der Waals surface area contributed by atoms with E-state index in [0.717, 1.165) is 35.7 Å². The highest BCUT2D eigenvalue weighted by Gasteiger charge is 2.32. The molecule has 5 heteroatoms.